The highest BCUT2D eigenvalue weighted by molar-refractivity contribution is 7.99. The Morgan fingerprint density at radius 1 is 0.306 bits per heavy atom. The molecule has 0 unspecified atom stereocenters. The highest BCUT2D eigenvalue weighted by atomic mass is 32.2. The summed E-state index contributed by atoms with van der Waals surface area (Å²) in [4.78, 5) is 18.2. The molecule has 2 aliphatic rings. The maximum absolute atomic E-state index is 5.53. The molecule has 288 valence electrons. The standard InChI is InChI=1S/C58H35N3S/c1-3-15-37(16-4-1)56-46-34-45-41-19-7-9-21-47(41)58(48-22-10-13-25-53(48)62-54-26-14-11-23-49(54)58)50(45)35-44(46)42-32-31-40(33-52(42)59-56)36-27-29-38(30-28-36)55-43-20-8-12-24-51(43)60-57(61-55)39-17-5-2-6-18-39/h1-35H. The molecular weight excluding hydrogens is 771 g/mol. The van der Waals surface area contributed by atoms with E-state index in [2.05, 4.69) is 188 Å². The van der Waals surface area contributed by atoms with Crippen molar-refractivity contribution >= 4 is 44.3 Å². The van der Waals surface area contributed by atoms with Crippen molar-refractivity contribution in [2.75, 3.05) is 0 Å². The second-order valence-corrected chi connectivity index (χ2v) is 17.3. The SMILES string of the molecule is c1ccc(-c2nc(-c3ccc(-c4ccc5c(c4)nc(-c4ccccc4)c4cc6c(cc45)C4(c5ccccc5Sc5ccccc54)c4ccccc4-6)cc3)c3ccccc3n2)cc1. The van der Waals surface area contributed by atoms with Crippen LogP contribution in [0.15, 0.2) is 222 Å². The average Bonchev–Trinajstić information content (AvgIpc) is 3.62. The van der Waals surface area contributed by atoms with Gasteiger partial charge in [-0.15, -0.1) is 0 Å². The van der Waals surface area contributed by atoms with Crippen molar-refractivity contribution in [1.29, 1.82) is 0 Å². The number of aromatic nitrogens is 3. The fourth-order valence-electron chi connectivity index (χ4n) is 10.2. The molecule has 62 heavy (non-hydrogen) atoms. The van der Waals surface area contributed by atoms with Crippen molar-refractivity contribution in [3.63, 3.8) is 0 Å². The lowest BCUT2D eigenvalue weighted by molar-refractivity contribution is 0.723. The van der Waals surface area contributed by atoms with Crippen molar-refractivity contribution in [2.24, 2.45) is 0 Å². The van der Waals surface area contributed by atoms with Gasteiger partial charge in [0, 0.05) is 42.6 Å². The fourth-order valence-corrected chi connectivity index (χ4v) is 11.4. The Labute approximate surface area is 363 Å². The first-order valence-electron chi connectivity index (χ1n) is 21.1. The molecule has 0 fully saturated rings. The van der Waals surface area contributed by atoms with E-state index in [0.717, 1.165) is 72.2 Å². The fraction of sp³-hybridized carbons (Fsp3) is 0.0172. The van der Waals surface area contributed by atoms with Crippen LogP contribution in [0.3, 0.4) is 0 Å². The molecule has 4 heteroatoms. The summed E-state index contributed by atoms with van der Waals surface area (Å²) in [6.07, 6.45) is 0. The van der Waals surface area contributed by atoms with E-state index in [0.29, 0.717) is 0 Å². The Hall–Kier alpha value is -7.66. The van der Waals surface area contributed by atoms with Crippen LogP contribution in [0.1, 0.15) is 22.3 Å². The zero-order chi connectivity index (χ0) is 40.8. The van der Waals surface area contributed by atoms with Crippen LogP contribution < -0.4 is 0 Å². The number of benzene rings is 9. The third-order valence-corrected chi connectivity index (χ3v) is 14.1. The summed E-state index contributed by atoms with van der Waals surface area (Å²) in [6.45, 7) is 0. The van der Waals surface area contributed by atoms with Crippen LogP contribution in [0.5, 0.6) is 0 Å². The third kappa shape index (κ3) is 5.17. The van der Waals surface area contributed by atoms with Gasteiger partial charge in [-0.1, -0.05) is 188 Å². The van der Waals surface area contributed by atoms with Gasteiger partial charge in [0.15, 0.2) is 5.82 Å². The number of para-hydroxylation sites is 1. The van der Waals surface area contributed by atoms with Crippen molar-refractivity contribution in [3.05, 3.63) is 235 Å². The van der Waals surface area contributed by atoms with E-state index in [1.54, 1.807) is 0 Å². The van der Waals surface area contributed by atoms with Crippen molar-refractivity contribution in [3.8, 4) is 56.2 Å². The van der Waals surface area contributed by atoms with E-state index < -0.39 is 5.41 Å². The lowest BCUT2D eigenvalue weighted by atomic mass is 9.67. The zero-order valence-corrected chi connectivity index (χ0v) is 34.3. The molecular formula is C58H35N3S. The normalized spacial score (nSPS) is 13.2. The number of fused-ring (bicyclic) bond motifs is 13. The minimum atomic E-state index is -0.459. The minimum Gasteiger partial charge on any atom is -0.247 e. The van der Waals surface area contributed by atoms with E-state index >= 15 is 0 Å². The summed E-state index contributed by atoms with van der Waals surface area (Å²) in [7, 11) is 0. The Morgan fingerprint density at radius 2 is 0.887 bits per heavy atom. The molecule has 1 spiro atoms. The van der Waals surface area contributed by atoms with Crippen LogP contribution in [0.2, 0.25) is 0 Å². The quantitative estimate of drug-likeness (QED) is 0.166. The first kappa shape index (κ1) is 35.1. The van der Waals surface area contributed by atoms with E-state index in [4.69, 9.17) is 15.0 Å². The molecule has 13 rings (SSSR count). The van der Waals surface area contributed by atoms with Crippen LogP contribution in [-0.2, 0) is 5.41 Å². The van der Waals surface area contributed by atoms with Crippen molar-refractivity contribution in [1.82, 2.24) is 15.0 Å². The number of hydrogen-bond acceptors (Lipinski definition) is 4. The van der Waals surface area contributed by atoms with Crippen LogP contribution in [0.4, 0.5) is 0 Å². The number of hydrogen-bond donors (Lipinski definition) is 0. The maximum Gasteiger partial charge on any atom is 0.160 e. The molecule has 0 atom stereocenters. The lowest BCUT2D eigenvalue weighted by Gasteiger charge is -2.39. The van der Waals surface area contributed by atoms with Crippen molar-refractivity contribution < 1.29 is 0 Å². The first-order valence-corrected chi connectivity index (χ1v) is 21.9. The molecule has 0 amide bonds. The molecule has 1 aliphatic heterocycles. The summed E-state index contributed by atoms with van der Waals surface area (Å²) in [5.74, 6) is 0.724. The first-order chi connectivity index (χ1) is 30.7. The molecule has 1 aliphatic carbocycles. The molecule has 2 aromatic heterocycles. The Balaban J connectivity index is 1.01. The van der Waals surface area contributed by atoms with Gasteiger partial charge in [-0.25, -0.2) is 15.0 Å². The van der Waals surface area contributed by atoms with Gasteiger partial charge in [0.2, 0.25) is 0 Å². The van der Waals surface area contributed by atoms with Crippen LogP contribution >= 0.6 is 11.8 Å². The van der Waals surface area contributed by atoms with Gasteiger partial charge in [-0.05, 0) is 86.3 Å². The maximum atomic E-state index is 5.53. The largest absolute Gasteiger partial charge is 0.247 e. The molecule has 0 N–H and O–H groups in total. The second-order valence-electron chi connectivity index (χ2n) is 16.2. The summed E-state index contributed by atoms with van der Waals surface area (Å²) in [5, 5.41) is 4.54. The summed E-state index contributed by atoms with van der Waals surface area (Å²) in [6, 6.07) is 76.8. The van der Waals surface area contributed by atoms with Crippen LogP contribution in [0, 0.1) is 0 Å². The molecule has 0 saturated carbocycles. The number of rotatable bonds is 4. The van der Waals surface area contributed by atoms with Gasteiger partial charge < -0.3 is 0 Å². The van der Waals surface area contributed by atoms with E-state index in [1.807, 2.05) is 36.0 Å². The predicted octanol–water partition coefficient (Wildman–Crippen LogP) is 14.8. The second kappa shape index (κ2) is 13.7. The zero-order valence-electron chi connectivity index (χ0n) is 33.5. The molecule has 0 bridgehead atoms. The van der Waals surface area contributed by atoms with Gasteiger partial charge in [0.25, 0.3) is 0 Å². The van der Waals surface area contributed by atoms with Crippen LogP contribution in [0.25, 0.3) is 88.7 Å². The highest BCUT2D eigenvalue weighted by Crippen LogP contribution is 2.63. The topological polar surface area (TPSA) is 38.7 Å². The number of nitrogens with zero attached hydrogens (tertiary/aromatic N) is 3. The van der Waals surface area contributed by atoms with E-state index in [-0.39, 0.29) is 0 Å². The summed E-state index contributed by atoms with van der Waals surface area (Å²) >= 11 is 1.88. The van der Waals surface area contributed by atoms with Gasteiger partial charge in [0.1, 0.15) is 0 Å². The average molecular weight is 806 g/mol. The molecule has 3 nitrogen and oxygen atoms in total. The Morgan fingerprint density at radius 3 is 1.65 bits per heavy atom. The predicted molar refractivity (Wildman–Crippen MR) is 256 cm³/mol. The monoisotopic (exact) mass is 805 g/mol. The van der Waals surface area contributed by atoms with Gasteiger partial charge in [-0.2, -0.15) is 0 Å². The van der Waals surface area contributed by atoms with Crippen LogP contribution in [-0.4, -0.2) is 15.0 Å². The van der Waals surface area contributed by atoms with E-state index in [1.165, 1.54) is 48.6 Å². The molecule has 3 heterocycles. The lowest BCUT2D eigenvalue weighted by Crippen LogP contribution is -2.31. The number of pyridine rings is 1. The minimum absolute atomic E-state index is 0.459. The molecule has 0 radical (unpaired) electrons. The van der Waals surface area contributed by atoms with E-state index in [9.17, 15) is 0 Å². The van der Waals surface area contributed by atoms with Gasteiger partial charge in [0.05, 0.1) is 27.8 Å². The summed E-state index contributed by atoms with van der Waals surface area (Å²) in [5.41, 5.74) is 16.6. The highest BCUT2D eigenvalue weighted by Gasteiger charge is 2.50. The molecule has 11 aromatic rings. The van der Waals surface area contributed by atoms with Gasteiger partial charge in [-0.3, -0.25) is 0 Å². The summed E-state index contributed by atoms with van der Waals surface area (Å²) < 4.78 is 0. The Bertz CT molecular complexity index is 3550. The van der Waals surface area contributed by atoms with Crippen molar-refractivity contribution in [2.45, 2.75) is 15.2 Å². The van der Waals surface area contributed by atoms with Gasteiger partial charge >= 0.3 is 0 Å². The smallest absolute Gasteiger partial charge is 0.160 e. The molecule has 0 saturated heterocycles. The third-order valence-electron chi connectivity index (χ3n) is 12.9. The molecule has 9 aromatic carbocycles. The Kier molecular flexibility index (Phi) is 7.75.